The molecule has 0 radical (unpaired) electrons. The summed E-state index contributed by atoms with van der Waals surface area (Å²) in [5, 5.41) is 6.46. The monoisotopic (exact) mass is 427 g/mol. The number of aryl methyl sites for hydroxylation is 1. The van der Waals surface area contributed by atoms with E-state index in [1.807, 2.05) is 52.0 Å². The van der Waals surface area contributed by atoms with Gasteiger partial charge in [-0.05, 0) is 32.8 Å². The third kappa shape index (κ3) is 9.41. The summed E-state index contributed by atoms with van der Waals surface area (Å²) in [6.07, 6.45) is 3.00. The minimum atomic E-state index is 0.848. The Morgan fingerprint density at radius 2 is 1.55 bits per heavy atom. The molecule has 1 aromatic heterocycles. The Hall–Kier alpha value is -2.56. The average Bonchev–Trinajstić information content (AvgIpc) is 2.82. The van der Waals surface area contributed by atoms with Crippen molar-refractivity contribution in [3.8, 4) is 0 Å². The molecule has 1 aromatic carbocycles. The van der Waals surface area contributed by atoms with Gasteiger partial charge < -0.3 is 9.80 Å². The van der Waals surface area contributed by atoms with Crippen molar-refractivity contribution in [3.05, 3.63) is 47.5 Å². The van der Waals surface area contributed by atoms with E-state index in [-0.39, 0.29) is 0 Å². The minimum absolute atomic E-state index is 0.848. The quantitative estimate of drug-likeness (QED) is 0.333. The summed E-state index contributed by atoms with van der Waals surface area (Å²) in [4.78, 5) is 9.37. The molecule has 174 valence electrons. The summed E-state index contributed by atoms with van der Waals surface area (Å²) < 4.78 is 0. The number of hydrogen-bond acceptors (Lipinski definition) is 5. The largest absolute Gasteiger partial charge is 0.372 e. The van der Waals surface area contributed by atoms with Crippen LogP contribution >= 0.6 is 0 Å². The van der Waals surface area contributed by atoms with Gasteiger partial charge in [-0.25, -0.2) is 4.98 Å². The van der Waals surface area contributed by atoms with E-state index in [0.717, 1.165) is 43.3 Å². The van der Waals surface area contributed by atoms with Crippen LogP contribution < -0.4 is 14.8 Å². The summed E-state index contributed by atoms with van der Waals surface area (Å²) in [5.74, 6) is 1.82. The standard InChI is InChI=1S/C22H33N5.2C2H6/c1-7-13-27(9-3)20-15-21(25(5)8-2)24-22(16-20)26(6)23-17-19-12-10-11-18(4)14-19;2*1-2/h10-12,14-17H,7-9,13H2,1-6H3;2*1-2H3/b23-17+;;. The van der Waals surface area contributed by atoms with E-state index in [9.17, 15) is 0 Å². The Kier molecular flexibility index (Phi) is 14.8. The lowest BCUT2D eigenvalue weighted by molar-refractivity contribution is 0.789. The van der Waals surface area contributed by atoms with Crippen molar-refractivity contribution in [1.82, 2.24) is 4.98 Å². The number of anilines is 3. The van der Waals surface area contributed by atoms with Crippen molar-refractivity contribution in [2.24, 2.45) is 5.10 Å². The van der Waals surface area contributed by atoms with Gasteiger partial charge in [0.25, 0.3) is 0 Å². The van der Waals surface area contributed by atoms with Crippen LogP contribution in [0.15, 0.2) is 41.5 Å². The molecule has 5 heteroatoms. The highest BCUT2D eigenvalue weighted by Gasteiger charge is 2.12. The maximum atomic E-state index is 4.82. The van der Waals surface area contributed by atoms with E-state index >= 15 is 0 Å². The Bertz CT molecular complexity index is 757. The molecule has 0 spiro atoms. The van der Waals surface area contributed by atoms with Crippen molar-refractivity contribution < 1.29 is 0 Å². The maximum Gasteiger partial charge on any atom is 0.153 e. The molecule has 2 aromatic rings. The van der Waals surface area contributed by atoms with Crippen LogP contribution in [-0.2, 0) is 0 Å². The van der Waals surface area contributed by atoms with Crippen LogP contribution in [0.4, 0.5) is 17.3 Å². The third-order valence-electron chi connectivity index (χ3n) is 4.64. The Morgan fingerprint density at radius 3 is 2.10 bits per heavy atom. The first-order valence-electron chi connectivity index (χ1n) is 11.8. The number of pyridine rings is 1. The van der Waals surface area contributed by atoms with Crippen LogP contribution in [0.5, 0.6) is 0 Å². The molecule has 0 bridgehead atoms. The summed E-state index contributed by atoms with van der Waals surface area (Å²) in [5.41, 5.74) is 3.51. The number of aromatic nitrogens is 1. The number of nitrogens with zero attached hydrogens (tertiary/aromatic N) is 5. The first-order valence-corrected chi connectivity index (χ1v) is 11.8. The summed E-state index contributed by atoms with van der Waals surface area (Å²) >= 11 is 0. The third-order valence-corrected chi connectivity index (χ3v) is 4.64. The molecular formula is C26H45N5. The van der Waals surface area contributed by atoms with Crippen molar-refractivity contribution in [3.63, 3.8) is 0 Å². The summed E-state index contributed by atoms with van der Waals surface area (Å²) in [7, 11) is 4.02. The van der Waals surface area contributed by atoms with Gasteiger partial charge in [0, 0.05) is 51.5 Å². The van der Waals surface area contributed by atoms with Gasteiger partial charge in [0.05, 0.1) is 6.21 Å². The fourth-order valence-corrected chi connectivity index (χ4v) is 2.90. The van der Waals surface area contributed by atoms with Gasteiger partial charge in [0.2, 0.25) is 0 Å². The molecule has 0 atom stereocenters. The Balaban J connectivity index is 0.00000212. The van der Waals surface area contributed by atoms with Crippen LogP contribution in [0.25, 0.3) is 0 Å². The molecule has 0 saturated carbocycles. The second kappa shape index (κ2) is 16.2. The summed E-state index contributed by atoms with van der Waals surface area (Å²) in [6, 6.07) is 12.6. The topological polar surface area (TPSA) is 35.0 Å². The number of hydrogen-bond donors (Lipinski definition) is 0. The smallest absolute Gasteiger partial charge is 0.153 e. The highest BCUT2D eigenvalue weighted by molar-refractivity contribution is 5.80. The van der Waals surface area contributed by atoms with E-state index in [0.29, 0.717) is 0 Å². The van der Waals surface area contributed by atoms with Gasteiger partial charge in [0.15, 0.2) is 5.82 Å². The number of benzene rings is 1. The lowest BCUT2D eigenvalue weighted by Gasteiger charge is -2.26. The zero-order valence-electron chi connectivity index (χ0n) is 21.6. The number of hydrazone groups is 1. The SMILES string of the molecule is CC.CC.CCCN(CC)c1cc(N(C)CC)nc(N(C)/N=C/c2cccc(C)c2)c1. The van der Waals surface area contributed by atoms with Crippen molar-refractivity contribution in [2.75, 3.05) is 48.5 Å². The lowest BCUT2D eigenvalue weighted by Crippen LogP contribution is -2.25. The first-order chi connectivity index (χ1) is 15.0. The molecule has 0 unspecified atom stereocenters. The maximum absolute atomic E-state index is 4.82. The zero-order valence-corrected chi connectivity index (χ0v) is 21.6. The normalized spacial score (nSPS) is 10.0. The van der Waals surface area contributed by atoms with Crippen LogP contribution in [0, 0.1) is 6.92 Å². The zero-order chi connectivity index (χ0) is 23.8. The van der Waals surface area contributed by atoms with E-state index in [2.05, 4.69) is 80.0 Å². The first kappa shape index (κ1) is 28.4. The van der Waals surface area contributed by atoms with Crippen molar-refractivity contribution in [2.45, 2.75) is 61.8 Å². The van der Waals surface area contributed by atoms with Crippen molar-refractivity contribution in [1.29, 1.82) is 0 Å². The van der Waals surface area contributed by atoms with Crippen LogP contribution in [0.2, 0.25) is 0 Å². The fourth-order valence-electron chi connectivity index (χ4n) is 2.90. The molecule has 1 heterocycles. The highest BCUT2D eigenvalue weighted by atomic mass is 15.5. The highest BCUT2D eigenvalue weighted by Crippen LogP contribution is 2.26. The van der Waals surface area contributed by atoms with E-state index in [4.69, 9.17) is 4.98 Å². The molecule has 0 aliphatic rings. The van der Waals surface area contributed by atoms with Gasteiger partial charge >= 0.3 is 0 Å². The lowest BCUT2D eigenvalue weighted by atomic mass is 10.2. The second-order valence-electron chi connectivity index (χ2n) is 6.82. The predicted molar refractivity (Wildman–Crippen MR) is 141 cm³/mol. The van der Waals surface area contributed by atoms with Gasteiger partial charge in [-0.1, -0.05) is 64.4 Å². The average molecular weight is 428 g/mol. The van der Waals surface area contributed by atoms with Crippen LogP contribution in [0.1, 0.15) is 66.0 Å². The molecule has 0 saturated heterocycles. The van der Waals surface area contributed by atoms with E-state index < -0.39 is 0 Å². The molecule has 0 amide bonds. The number of rotatable bonds is 9. The van der Waals surface area contributed by atoms with E-state index in [1.54, 1.807) is 0 Å². The predicted octanol–water partition coefficient (Wildman–Crippen LogP) is 6.61. The molecule has 2 rings (SSSR count). The van der Waals surface area contributed by atoms with Gasteiger partial charge in [0.1, 0.15) is 5.82 Å². The molecule has 0 N–H and O–H groups in total. The van der Waals surface area contributed by atoms with Gasteiger partial charge in [-0.3, -0.25) is 5.01 Å². The van der Waals surface area contributed by atoms with Gasteiger partial charge in [-0.2, -0.15) is 5.10 Å². The van der Waals surface area contributed by atoms with E-state index in [1.165, 1.54) is 11.3 Å². The summed E-state index contributed by atoms with van der Waals surface area (Å²) in [6.45, 7) is 19.5. The van der Waals surface area contributed by atoms with Crippen LogP contribution in [-0.4, -0.2) is 44.9 Å². The molecule has 0 aliphatic carbocycles. The van der Waals surface area contributed by atoms with Gasteiger partial charge in [-0.15, -0.1) is 0 Å². The second-order valence-corrected chi connectivity index (χ2v) is 6.82. The van der Waals surface area contributed by atoms with Crippen molar-refractivity contribution >= 4 is 23.5 Å². The molecule has 31 heavy (non-hydrogen) atoms. The molecule has 0 aliphatic heterocycles. The molecule has 0 fully saturated rings. The molecule has 5 nitrogen and oxygen atoms in total. The van der Waals surface area contributed by atoms with Crippen LogP contribution in [0.3, 0.4) is 0 Å². The fraction of sp³-hybridized carbons (Fsp3) is 0.538. The Morgan fingerprint density at radius 1 is 0.903 bits per heavy atom. The minimum Gasteiger partial charge on any atom is -0.372 e. The Labute approximate surface area is 191 Å². The molecular weight excluding hydrogens is 382 g/mol.